The van der Waals surface area contributed by atoms with Crippen molar-refractivity contribution in [3.63, 3.8) is 0 Å². The van der Waals surface area contributed by atoms with Gasteiger partial charge in [0.2, 0.25) is 11.0 Å². The van der Waals surface area contributed by atoms with Crippen molar-refractivity contribution in [1.82, 2.24) is 10.2 Å². The molecule has 23 heavy (non-hydrogen) atoms. The van der Waals surface area contributed by atoms with Crippen LogP contribution in [0.15, 0.2) is 28.6 Å². The second kappa shape index (κ2) is 7.18. The number of Topliss-reactive ketones (excluding diaryl/α,β-unsaturated/α-hetero) is 1. The van der Waals surface area contributed by atoms with E-state index in [9.17, 15) is 14.0 Å². The lowest BCUT2D eigenvalue weighted by Gasteiger charge is -2.23. The second-order valence-electron chi connectivity index (χ2n) is 5.21. The summed E-state index contributed by atoms with van der Waals surface area (Å²) < 4.78 is 13.4. The molecule has 0 saturated heterocycles. The van der Waals surface area contributed by atoms with Gasteiger partial charge in [-0.05, 0) is 37.1 Å². The Morgan fingerprint density at radius 3 is 2.65 bits per heavy atom. The molecule has 1 N–H and O–H groups in total. The van der Waals surface area contributed by atoms with E-state index >= 15 is 0 Å². The fourth-order valence-corrected chi connectivity index (χ4v) is 3.69. The highest BCUT2D eigenvalue weighted by molar-refractivity contribution is 8.01. The second-order valence-corrected chi connectivity index (χ2v) is 7.41. The van der Waals surface area contributed by atoms with Gasteiger partial charge in [-0.1, -0.05) is 29.5 Å². The zero-order valence-corrected chi connectivity index (χ0v) is 13.8. The van der Waals surface area contributed by atoms with Crippen LogP contribution in [0.25, 0.3) is 0 Å². The Kier molecular flexibility index (Phi) is 5.02. The fraction of sp³-hybridized carbons (Fsp3) is 0.333. The van der Waals surface area contributed by atoms with Crippen LogP contribution in [0.4, 0.5) is 9.52 Å². The first kappa shape index (κ1) is 16.1. The molecule has 2 aromatic rings. The number of halogens is 1. The van der Waals surface area contributed by atoms with Crippen molar-refractivity contribution in [3.8, 4) is 0 Å². The van der Waals surface area contributed by atoms with Gasteiger partial charge in [0, 0.05) is 11.5 Å². The number of nitrogens with zero attached hydrogens (tertiary/aromatic N) is 2. The Labute approximate surface area is 140 Å². The molecule has 1 aromatic heterocycles. The summed E-state index contributed by atoms with van der Waals surface area (Å²) in [7, 11) is 0. The van der Waals surface area contributed by atoms with Crippen molar-refractivity contribution < 1.29 is 14.0 Å². The number of anilines is 1. The van der Waals surface area contributed by atoms with Crippen molar-refractivity contribution >= 4 is 39.9 Å². The van der Waals surface area contributed by atoms with Gasteiger partial charge in [0.25, 0.3) is 0 Å². The third kappa shape index (κ3) is 4.14. The van der Waals surface area contributed by atoms with Crippen molar-refractivity contribution in [2.45, 2.75) is 23.6 Å². The quantitative estimate of drug-likeness (QED) is 0.491. The highest BCUT2D eigenvalue weighted by Crippen LogP contribution is 2.30. The van der Waals surface area contributed by atoms with Crippen LogP contribution in [-0.4, -0.2) is 27.6 Å². The van der Waals surface area contributed by atoms with Crippen molar-refractivity contribution in [1.29, 1.82) is 0 Å². The SMILES string of the molecule is O=C(CSc1nnc(NC(=O)C2CCC2)s1)c1ccc(F)cc1. The highest BCUT2D eigenvalue weighted by atomic mass is 32.2. The van der Waals surface area contributed by atoms with Crippen LogP contribution in [0.5, 0.6) is 0 Å². The van der Waals surface area contributed by atoms with E-state index in [1.165, 1.54) is 47.4 Å². The zero-order valence-electron chi connectivity index (χ0n) is 12.1. The minimum Gasteiger partial charge on any atom is -0.300 e. The third-order valence-electron chi connectivity index (χ3n) is 3.61. The van der Waals surface area contributed by atoms with Crippen LogP contribution in [0, 0.1) is 11.7 Å². The maximum atomic E-state index is 12.8. The fourth-order valence-electron chi connectivity index (χ4n) is 2.04. The molecule has 0 aliphatic heterocycles. The minimum absolute atomic E-state index is 0.00802. The lowest BCUT2D eigenvalue weighted by molar-refractivity contribution is -0.122. The van der Waals surface area contributed by atoms with E-state index in [0.717, 1.165) is 19.3 Å². The summed E-state index contributed by atoms with van der Waals surface area (Å²) in [5, 5.41) is 11.1. The normalized spacial score (nSPS) is 14.3. The molecular weight excluding hydrogens is 337 g/mol. The molecule has 1 saturated carbocycles. The molecule has 1 heterocycles. The molecule has 1 aliphatic carbocycles. The van der Waals surface area contributed by atoms with E-state index in [2.05, 4.69) is 15.5 Å². The molecule has 1 aromatic carbocycles. The van der Waals surface area contributed by atoms with Crippen LogP contribution >= 0.6 is 23.1 Å². The van der Waals surface area contributed by atoms with E-state index in [1.54, 1.807) is 0 Å². The van der Waals surface area contributed by atoms with E-state index in [-0.39, 0.29) is 29.2 Å². The maximum Gasteiger partial charge on any atom is 0.229 e. The van der Waals surface area contributed by atoms with Crippen LogP contribution < -0.4 is 5.32 Å². The molecule has 1 aliphatic rings. The number of hydrogen-bond acceptors (Lipinski definition) is 6. The monoisotopic (exact) mass is 351 g/mol. The number of carbonyl (C=O) groups is 2. The van der Waals surface area contributed by atoms with Gasteiger partial charge in [0.15, 0.2) is 10.1 Å². The Morgan fingerprint density at radius 2 is 2.00 bits per heavy atom. The average molecular weight is 351 g/mol. The summed E-state index contributed by atoms with van der Waals surface area (Å²) in [5.74, 6) is -0.201. The van der Waals surface area contributed by atoms with Gasteiger partial charge in [-0.15, -0.1) is 10.2 Å². The van der Waals surface area contributed by atoms with Gasteiger partial charge in [0.05, 0.1) is 5.75 Å². The van der Waals surface area contributed by atoms with Gasteiger partial charge >= 0.3 is 0 Å². The first-order valence-electron chi connectivity index (χ1n) is 7.18. The predicted molar refractivity (Wildman–Crippen MR) is 87.3 cm³/mol. The first-order valence-corrected chi connectivity index (χ1v) is 8.98. The first-order chi connectivity index (χ1) is 11.1. The molecule has 0 radical (unpaired) electrons. The zero-order chi connectivity index (χ0) is 16.2. The number of nitrogens with one attached hydrogen (secondary N) is 1. The Bertz CT molecular complexity index is 714. The molecule has 0 spiro atoms. The van der Waals surface area contributed by atoms with Crippen LogP contribution in [0.2, 0.25) is 0 Å². The van der Waals surface area contributed by atoms with Crippen molar-refractivity contribution in [2.75, 3.05) is 11.1 Å². The molecule has 0 atom stereocenters. The van der Waals surface area contributed by atoms with E-state index in [4.69, 9.17) is 0 Å². The summed E-state index contributed by atoms with van der Waals surface area (Å²) in [4.78, 5) is 23.8. The summed E-state index contributed by atoms with van der Waals surface area (Å²) in [6.45, 7) is 0. The number of thioether (sulfide) groups is 1. The molecular formula is C15H14FN3O2S2. The smallest absolute Gasteiger partial charge is 0.229 e. The summed E-state index contributed by atoms with van der Waals surface area (Å²) in [5.41, 5.74) is 0.460. The lowest BCUT2D eigenvalue weighted by Crippen LogP contribution is -2.27. The molecule has 120 valence electrons. The maximum absolute atomic E-state index is 12.8. The number of carbonyl (C=O) groups excluding carboxylic acids is 2. The van der Waals surface area contributed by atoms with Crippen molar-refractivity contribution in [3.05, 3.63) is 35.6 Å². The topological polar surface area (TPSA) is 72.0 Å². The van der Waals surface area contributed by atoms with Crippen LogP contribution in [0.3, 0.4) is 0 Å². The Morgan fingerprint density at radius 1 is 1.26 bits per heavy atom. The summed E-state index contributed by atoms with van der Waals surface area (Å²) in [6.07, 6.45) is 2.96. The van der Waals surface area contributed by atoms with Gasteiger partial charge < -0.3 is 5.32 Å². The molecule has 0 unspecified atom stereocenters. The summed E-state index contributed by atoms with van der Waals surface area (Å²) >= 11 is 2.50. The molecule has 3 rings (SSSR count). The van der Waals surface area contributed by atoms with E-state index in [1.807, 2.05) is 0 Å². The third-order valence-corrected chi connectivity index (χ3v) is 5.58. The molecule has 5 nitrogen and oxygen atoms in total. The minimum atomic E-state index is -0.370. The molecule has 1 fully saturated rings. The van der Waals surface area contributed by atoms with Gasteiger partial charge in [-0.2, -0.15) is 0 Å². The molecule has 1 amide bonds. The number of rotatable bonds is 6. The Balaban J connectivity index is 1.51. The average Bonchev–Trinajstić information content (AvgIpc) is 2.91. The van der Waals surface area contributed by atoms with Crippen LogP contribution in [0.1, 0.15) is 29.6 Å². The number of hydrogen-bond donors (Lipinski definition) is 1. The van der Waals surface area contributed by atoms with E-state index in [0.29, 0.717) is 15.0 Å². The van der Waals surface area contributed by atoms with Gasteiger partial charge in [-0.3, -0.25) is 9.59 Å². The standard InChI is InChI=1S/C15H14FN3O2S2/c16-11-6-4-9(5-7-11)12(20)8-22-15-19-18-14(23-15)17-13(21)10-2-1-3-10/h4-7,10H,1-3,8H2,(H,17,18,21). The molecule has 8 heteroatoms. The highest BCUT2D eigenvalue weighted by Gasteiger charge is 2.26. The number of amides is 1. The van der Waals surface area contributed by atoms with Crippen molar-refractivity contribution in [2.24, 2.45) is 5.92 Å². The molecule has 0 bridgehead atoms. The lowest BCUT2D eigenvalue weighted by atomic mass is 9.85. The predicted octanol–water partition coefficient (Wildman–Crippen LogP) is 3.39. The number of aromatic nitrogens is 2. The Hall–Kier alpha value is -1.80. The number of benzene rings is 1. The number of ketones is 1. The van der Waals surface area contributed by atoms with Gasteiger partial charge in [-0.25, -0.2) is 4.39 Å². The summed E-state index contributed by atoms with van der Waals surface area (Å²) in [6, 6.07) is 5.44. The van der Waals surface area contributed by atoms with E-state index < -0.39 is 0 Å². The van der Waals surface area contributed by atoms with Gasteiger partial charge in [0.1, 0.15) is 5.82 Å². The largest absolute Gasteiger partial charge is 0.300 e. The van der Waals surface area contributed by atoms with Crippen LogP contribution in [-0.2, 0) is 4.79 Å².